The highest BCUT2D eigenvalue weighted by Gasteiger charge is 2.37. The Hall–Kier alpha value is -1.46. The fourth-order valence-corrected chi connectivity index (χ4v) is 3.19. The summed E-state index contributed by atoms with van der Waals surface area (Å²) in [5, 5.41) is 2.90. The lowest BCUT2D eigenvalue weighted by Gasteiger charge is -2.26. The fraction of sp³-hybridized carbons (Fsp3) is 0.571. The second-order valence-electron chi connectivity index (χ2n) is 5.44. The van der Waals surface area contributed by atoms with Crippen LogP contribution in [0.1, 0.15) is 32.1 Å². The van der Waals surface area contributed by atoms with Crippen LogP contribution < -0.4 is 16.2 Å². The minimum absolute atomic E-state index is 0.0542. The van der Waals surface area contributed by atoms with Crippen molar-refractivity contribution < 1.29 is 4.79 Å². The van der Waals surface area contributed by atoms with E-state index in [9.17, 15) is 4.79 Å². The lowest BCUT2D eigenvalue weighted by molar-refractivity contribution is -0.116. The molecule has 3 atom stereocenters. The van der Waals surface area contributed by atoms with Crippen molar-refractivity contribution in [2.75, 3.05) is 5.32 Å². The Bertz CT molecular complexity index is 436. The zero-order chi connectivity index (χ0) is 13.1. The zero-order valence-corrected chi connectivity index (χ0v) is 10.9. The molecule has 1 saturated carbocycles. The van der Waals surface area contributed by atoms with Crippen LogP contribution in [0.5, 0.6) is 0 Å². The van der Waals surface area contributed by atoms with Crippen molar-refractivity contribution in [3.8, 4) is 0 Å². The molecular formula is C14H20N4O. The molecule has 3 unspecified atom stereocenters. The summed E-state index contributed by atoms with van der Waals surface area (Å²) in [6, 6.07) is 4.48. The maximum absolute atomic E-state index is 12.0. The van der Waals surface area contributed by atoms with E-state index in [2.05, 4.69) is 21.2 Å². The van der Waals surface area contributed by atoms with Gasteiger partial charge in [0.2, 0.25) is 5.91 Å². The molecule has 2 aliphatic rings. The summed E-state index contributed by atoms with van der Waals surface area (Å²) in [6.07, 6.45) is 8.90. The van der Waals surface area contributed by atoms with Crippen LogP contribution in [0.25, 0.3) is 0 Å². The normalized spacial score (nSPS) is 29.8. The fourth-order valence-electron chi connectivity index (χ4n) is 3.19. The Morgan fingerprint density at radius 3 is 3.11 bits per heavy atom. The van der Waals surface area contributed by atoms with Gasteiger partial charge in [0, 0.05) is 24.7 Å². The minimum Gasteiger partial charge on any atom is -0.325 e. The smallest absolute Gasteiger partial charge is 0.226 e. The first-order chi connectivity index (χ1) is 9.33. The summed E-state index contributed by atoms with van der Waals surface area (Å²) in [5.74, 6) is 0.645. The van der Waals surface area contributed by atoms with Gasteiger partial charge in [-0.3, -0.25) is 20.6 Å². The lowest BCUT2D eigenvalue weighted by Crippen LogP contribution is -2.35. The zero-order valence-electron chi connectivity index (χ0n) is 10.9. The van der Waals surface area contributed by atoms with Crippen molar-refractivity contribution in [1.82, 2.24) is 15.8 Å². The van der Waals surface area contributed by atoms with Gasteiger partial charge in [0.15, 0.2) is 0 Å². The number of hydrogen-bond donors (Lipinski definition) is 3. The maximum Gasteiger partial charge on any atom is 0.226 e. The number of aromatic nitrogens is 1. The van der Waals surface area contributed by atoms with Crippen LogP contribution in [0.15, 0.2) is 24.5 Å². The topological polar surface area (TPSA) is 66.1 Å². The van der Waals surface area contributed by atoms with Crippen molar-refractivity contribution in [3.05, 3.63) is 24.5 Å². The number of hydrazine groups is 1. The standard InChI is InChI=1S/C14H20N4O/c19-14(16-10-4-3-7-15-9-10)8-13-11-5-1-2-6-12(11)17-18-13/h3-4,7,9,11-13,17-18H,1-2,5-6,8H2,(H,16,19). The van der Waals surface area contributed by atoms with Crippen LogP contribution in [-0.4, -0.2) is 23.0 Å². The number of carbonyl (C=O) groups excluding carboxylic acids is 1. The van der Waals surface area contributed by atoms with Gasteiger partial charge in [-0.1, -0.05) is 12.8 Å². The predicted molar refractivity (Wildman–Crippen MR) is 73.3 cm³/mol. The predicted octanol–water partition coefficient (Wildman–Crippen LogP) is 1.45. The van der Waals surface area contributed by atoms with Gasteiger partial charge < -0.3 is 5.32 Å². The molecule has 0 spiro atoms. The number of hydrogen-bond acceptors (Lipinski definition) is 4. The molecule has 1 aliphatic heterocycles. The Balaban J connectivity index is 1.55. The number of nitrogens with one attached hydrogen (secondary N) is 3. The molecule has 102 valence electrons. The van der Waals surface area contributed by atoms with Gasteiger partial charge in [0.05, 0.1) is 11.9 Å². The molecule has 0 radical (unpaired) electrons. The minimum atomic E-state index is 0.0542. The molecule has 3 N–H and O–H groups in total. The molecule has 19 heavy (non-hydrogen) atoms. The summed E-state index contributed by atoms with van der Waals surface area (Å²) in [6.45, 7) is 0. The number of pyridine rings is 1. The third-order valence-corrected chi connectivity index (χ3v) is 4.14. The first-order valence-corrected chi connectivity index (χ1v) is 7.04. The summed E-state index contributed by atoms with van der Waals surface area (Å²) in [7, 11) is 0. The quantitative estimate of drug-likeness (QED) is 0.769. The molecule has 1 amide bonds. The Labute approximate surface area is 113 Å². The molecule has 1 aromatic heterocycles. The van der Waals surface area contributed by atoms with Crippen molar-refractivity contribution in [3.63, 3.8) is 0 Å². The van der Waals surface area contributed by atoms with E-state index in [-0.39, 0.29) is 11.9 Å². The average Bonchev–Trinajstić information content (AvgIpc) is 2.83. The van der Waals surface area contributed by atoms with Crippen LogP contribution in [0.2, 0.25) is 0 Å². The number of amides is 1. The molecule has 5 heteroatoms. The number of fused-ring (bicyclic) bond motifs is 1. The summed E-state index contributed by atoms with van der Waals surface area (Å²) in [5.41, 5.74) is 7.39. The van der Waals surface area contributed by atoms with Gasteiger partial charge in [0.25, 0.3) is 0 Å². The molecule has 2 fully saturated rings. The summed E-state index contributed by atoms with van der Waals surface area (Å²) >= 11 is 0. The summed E-state index contributed by atoms with van der Waals surface area (Å²) in [4.78, 5) is 16.0. The maximum atomic E-state index is 12.0. The molecule has 3 rings (SSSR count). The highest BCUT2D eigenvalue weighted by molar-refractivity contribution is 5.90. The van der Waals surface area contributed by atoms with E-state index in [1.807, 2.05) is 12.1 Å². The molecule has 1 saturated heterocycles. The first-order valence-electron chi connectivity index (χ1n) is 7.04. The van der Waals surface area contributed by atoms with E-state index in [0.717, 1.165) is 5.69 Å². The highest BCUT2D eigenvalue weighted by atomic mass is 16.1. The van der Waals surface area contributed by atoms with Crippen LogP contribution in [-0.2, 0) is 4.79 Å². The van der Waals surface area contributed by atoms with E-state index in [1.165, 1.54) is 25.7 Å². The molecule has 1 aliphatic carbocycles. The summed E-state index contributed by atoms with van der Waals surface area (Å²) < 4.78 is 0. The van der Waals surface area contributed by atoms with Gasteiger partial charge in [-0.2, -0.15) is 0 Å². The van der Waals surface area contributed by atoms with Crippen LogP contribution in [0.3, 0.4) is 0 Å². The van der Waals surface area contributed by atoms with E-state index >= 15 is 0 Å². The second kappa shape index (κ2) is 5.67. The Morgan fingerprint density at radius 1 is 1.37 bits per heavy atom. The average molecular weight is 260 g/mol. The third-order valence-electron chi connectivity index (χ3n) is 4.14. The van der Waals surface area contributed by atoms with Crippen molar-refractivity contribution in [1.29, 1.82) is 0 Å². The second-order valence-corrected chi connectivity index (χ2v) is 5.44. The highest BCUT2D eigenvalue weighted by Crippen LogP contribution is 2.31. The molecule has 2 heterocycles. The van der Waals surface area contributed by atoms with E-state index < -0.39 is 0 Å². The lowest BCUT2D eigenvalue weighted by atomic mass is 9.81. The molecule has 0 bridgehead atoms. The largest absolute Gasteiger partial charge is 0.325 e. The molecule has 0 aromatic carbocycles. The van der Waals surface area contributed by atoms with Crippen molar-refractivity contribution >= 4 is 11.6 Å². The van der Waals surface area contributed by atoms with E-state index in [1.54, 1.807) is 12.4 Å². The van der Waals surface area contributed by atoms with Gasteiger partial charge in [-0.25, -0.2) is 0 Å². The number of anilines is 1. The van der Waals surface area contributed by atoms with Gasteiger partial charge in [-0.05, 0) is 30.9 Å². The molecule has 1 aromatic rings. The van der Waals surface area contributed by atoms with E-state index in [4.69, 9.17) is 0 Å². The van der Waals surface area contributed by atoms with Gasteiger partial charge in [-0.15, -0.1) is 0 Å². The molecule has 5 nitrogen and oxygen atoms in total. The van der Waals surface area contributed by atoms with E-state index in [0.29, 0.717) is 18.4 Å². The number of nitrogens with zero attached hydrogens (tertiary/aromatic N) is 1. The van der Waals surface area contributed by atoms with Crippen LogP contribution >= 0.6 is 0 Å². The Kier molecular flexibility index (Phi) is 3.75. The van der Waals surface area contributed by atoms with Gasteiger partial charge in [0.1, 0.15) is 0 Å². The van der Waals surface area contributed by atoms with Gasteiger partial charge >= 0.3 is 0 Å². The molecular weight excluding hydrogens is 240 g/mol. The van der Waals surface area contributed by atoms with Crippen LogP contribution in [0.4, 0.5) is 5.69 Å². The van der Waals surface area contributed by atoms with Crippen LogP contribution in [0, 0.1) is 5.92 Å². The number of carbonyl (C=O) groups is 1. The van der Waals surface area contributed by atoms with Crippen molar-refractivity contribution in [2.45, 2.75) is 44.2 Å². The third kappa shape index (κ3) is 2.93. The number of rotatable bonds is 3. The van der Waals surface area contributed by atoms with Crippen molar-refractivity contribution in [2.24, 2.45) is 5.92 Å². The Morgan fingerprint density at radius 2 is 2.26 bits per heavy atom. The monoisotopic (exact) mass is 260 g/mol. The SMILES string of the molecule is O=C(CC1NNC2CCCCC21)Nc1cccnc1. The first kappa shape index (κ1) is 12.6.